The van der Waals surface area contributed by atoms with Gasteiger partial charge in [0, 0.05) is 13.3 Å². The molecule has 0 aromatic carbocycles. The molecular weight excluding hydrogens is 200 g/mol. The Balaban J connectivity index is 2.20. The predicted octanol–water partition coefficient (Wildman–Crippen LogP) is 0.254. The second-order valence-corrected chi connectivity index (χ2v) is 2.55. The Hall–Kier alpha value is -1.53. The average molecular weight is 212 g/mol. The fourth-order valence-electron chi connectivity index (χ4n) is 0.782. The molecule has 0 aliphatic carbocycles. The Bertz CT molecular complexity index is 291. The number of esters is 1. The molecule has 1 rings (SSSR count). The number of hydrogen-bond donors (Lipinski definition) is 0. The van der Waals surface area contributed by atoms with E-state index in [1.165, 1.54) is 18.6 Å². The van der Waals surface area contributed by atoms with Gasteiger partial charge in [0.15, 0.2) is 12.5 Å². The Morgan fingerprint density at radius 2 is 2.33 bits per heavy atom. The first-order chi connectivity index (χ1) is 7.34. The van der Waals surface area contributed by atoms with Crippen LogP contribution < -0.4 is 0 Å². The summed E-state index contributed by atoms with van der Waals surface area (Å²) in [4.78, 5) is 18.7. The number of carbonyl (C=O) groups excluding carboxylic acids is 1. The predicted molar refractivity (Wildman–Crippen MR) is 50.1 cm³/mol. The highest BCUT2D eigenvalue weighted by molar-refractivity contribution is 5.86. The van der Waals surface area contributed by atoms with E-state index >= 15 is 0 Å². The molecule has 0 amide bonds. The lowest BCUT2D eigenvalue weighted by atomic mass is 10.4. The largest absolute Gasteiger partial charge is 0.434 e. The van der Waals surface area contributed by atoms with Crippen LogP contribution in [0.15, 0.2) is 18.6 Å². The van der Waals surface area contributed by atoms with E-state index in [2.05, 4.69) is 9.97 Å². The van der Waals surface area contributed by atoms with Crippen molar-refractivity contribution in [3.05, 3.63) is 24.3 Å². The van der Waals surface area contributed by atoms with Gasteiger partial charge < -0.3 is 14.2 Å². The molecule has 0 N–H and O–H groups in total. The Kier molecular flexibility index (Phi) is 5.28. The van der Waals surface area contributed by atoms with Crippen molar-refractivity contribution in [1.82, 2.24) is 9.97 Å². The molecule has 0 atom stereocenters. The van der Waals surface area contributed by atoms with E-state index in [0.717, 1.165) is 0 Å². The highest BCUT2D eigenvalue weighted by atomic mass is 16.7. The monoisotopic (exact) mass is 212 g/mol. The summed E-state index contributed by atoms with van der Waals surface area (Å²) in [5.41, 5.74) is 0.209. The van der Waals surface area contributed by atoms with Crippen LogP contribution in [0.4, 0.5) is 0 Å². The smallest absolute Gasteiger partial charge is 0.359 e. The standard InChI is InChI=1S/C9H12N2O4/c1-13-4-5-14-7-15-9(12)8-2-3-10-6-11-8/h2-3,6H,4-5,7H2,1H3. The number of nitrogens with zero attached hydrogens (tertiary/aromatic N) is 2. The highest BCUT2D eigenvalue weighted by Crippen LogP contribution is 1.94. The number of hydrogen-bond acceptors (Lipinski definition) is 6. The fourth-order valence-corrected chi connectivity index (χ4v) is 0.782. The molecular formula is C9H12N2O4. The molecule has 6 nitrogen and oxygen atoms in total. The van der Waals surface area contributed by atoms with Crippen molar-refractivity contribution in [2.45, 2.75) is 0 Å². The molecule has 15 heavy (non-hydrogen) atoms. The minimum Gasteiger partial charge on any atom is -0.434 e. The van der Waals surface area contributed by atoms with E-state index in [1.54, 1.807) is 7.11 Å². The lowest BCUT2D eigenvalue weighted by molar-refractivity contribution is -0.0439. The van der Waals surface area contributed by atoms with Gasteiger partial charge >= 0.3 is 5.97 Å². The normalized spacial score (nSPS) is 9.93. The molecule has 0 radical (unpaired) electrons. The van der Waals surface area contributed by atoms with Crippen LogP contribution in [0.3, 0.4) is 0 Å². The highest BCUT2D eigenvalue weighted by Gasteiger charge is 2.06. The number of methoxy groups -OCH3 is 1. The van der Waals surface area contributed by atoms with E-state index in [9.17, 15) is 4.79 Å². The summed E-state index contributed by atoms with van der Waals surface area (Å²) in [5.74, 6) is -0.533. The number of aromatic nitrogens is 2. The summed E-state index contributed by atoms with van der Waals surface area (Å²) < 4.78 is 14.5. The van der Waals surface area contributed by atoms with E-state index in [4.69, 9.17) is 14.2 Å². The topological polar surface area (TPSA) is 70.5 Å². The molecule has 0 spiro atoms. The van der Waals surface area contributed by atoms with Crippen molar-refractivity contribution in [2.24, 2.45) is 0 Å². The Morgan fingerprint density at radius 3 is 3.00 bits per heavy atom. The lowest BCUT2D eigenvalue weighted by Crippen LogP contribution is -2.12. The molecule has 1 heterocycles. The summed E-state index contributed by atoms with van der Waals surface area (Å²) in [6.07, 6.45) is 2.75. The molecule has 1 aromatic rings. The molecule has 0 fully saturated rings. The number of rotatable bonds is 6. The van der Waals surface area contributed by atoms with Crippen LogP contribution in [-0.2, 0) is 14.2 Å². The third kappa shape index (κ3) is 4.48. The van der Waals surface area contributed by atoms with Gasteiger partial charge in [0.05, 0.1) is 13.2 Å². The van der Waals surface area contributed by atoms with Crippen LogP contribution >= 0.6 is 0 Å². The van der Waals surface area contributed by atoms with Gasteiger partial charge in [-0.1, -0.05) is 0 Å². The second-order valence-electron chi connectivity index (χ2n) is 2.55. The van der Waals surface area contributed by atoms with Crippen LogP contribution in [0.2, 0.25) is 0 Å². The maximum absolute atomic E-state index is 11.3. The van der Waals surface area contributed by atoms with Gasteiger partial charge in [-0.25, -0.2) is 14.8 Å². The summed E-state index contributed by atoms with van der Waals surface area (Å²) >= 11 is 0. The maximum Gasteiger partial charge on any atom is 0.359 e. The van der Waals surface area contributed by atoms with Crippen molar-refractivity contribution >= 4 is 5.97 Å². The van der Waals surface area contributed by atoms with Gasteiger partial charge in [0.1, 0.15) is 6.33 Å². The third-order valence-corrected chi connectivity index (χ3v) is 1.50. The van der Waals surface area contributed by atoms with Crippen molar-refractivity contribution in [2.75, 3.05) is 27.1 Å². The van der Waals surface area contributed by atoms with E-state index in [-0.39, 0.29) is 12.5 Å². The average Bonchev–Trinajstić information content (AvgIpc) is 2.30. The number of carbonyl (C=O) groups is 1. The summed E-state index contributed by atoms with van der Waals surface area (Å²) in [7, 11) is 1.57. The molecule has 0 aliphatic rings. The van der Waals surface area contributed by atoms with E-state index < -0.39 is 5.97 Å². The third-order valence-electron chi connectivity index (χ3n) is 1.50. The van der Waals surface area contributed by atoms with Gasteiger partial charge in [-0.3, -0.25) is 0 Å². The minimum atomic E-state index is -0.533. The molecule has 0 saturated carbocycles. The Labute approximate surface area is 87.2 Å². The van der Waals surface area contributed by atoms with Crippen molar-refractivity contribution in [1.29, 1.82) is 0 Å². The van der Waals surface area contributed by atoms with Crippen LogP contribution in [-0.4, -0.2) is 43.1 Å². The van der Waals surface area contributed by atoms with Gasteiger partial charge in [0.2, 0.25) is 0 Å². The molecule has 0 aliphatic heterocycles. The van der Waals surface area contributed by atoms with Gasteiger partial charge in [0.25, 0.3) is 0 Å². The van der Waals surface area contributed by atoms with Crippen molar-refractivity contribution < 1.29 is 19.0 Å². The quantitative estimate of drug-likeness (QED) is 0.382. The fraction of sp³-hybridized carbons (Fsp3) is 0.444. The van der Waals surface area contributed by atoms with Crippen LogP contribution in [0.1, 0.15) is 10.5 Å². The Morgan fingerprint density at radius 1 is 1.47 bits per heavy atom. The molecule has 1 aromatic heterocycles. The van der Waals surface area contributed by atoms with Crippen LogP contribution in [0.25, 0.3) is 0 Å². The summed E-state index contributed by atoms with van der Waals surface area (Å²) in [6.45, 7) is 0.741. The first-order valence-corrected chi connectivity index (χ1v) is 4.34. The minimum absolute atomic E-state index is 0.105. The van der Waals surface area contributed by atoms with Crippen molar-refractivity contribution in [3.63, 3.8) is 0 Å². The zero-order valence-electron chi connectivity index (χ0n) is 8.38. The first kappa shape index (κ1) is 11.5. The zero-order chi connectivity index (χ0) is 10.9. The van der Waals surface area contributed by atoms with E-state index in [1.807, 2.05) is 0 Å². The number of ether oxygens (including phenoxy) is 3. The SMILES string of the molecule is COCCOCOC(=O)c1ccncn1. The molecule has 0 saturated heterocycles. The lowest BCUT2D eigenvalue weighted by Gasteiger charge is -2.04. The van der Waals surface area contributed by atoms with Gasteiger partial charge in [-0.2, -0.15) is 0 Å². The van der Waals surface area contributed by atoms with Crippen LogP contribution in [0.5, 0.6) is 0 Å². The molecule has 0 bridgehead atoms. The molecule has 82 valence electrons. The zero-order valence-corrected chi connectivity index (χ0v) is 8.38. The maximum atomic E-state index is 11.3. The molecule has 6 heteroatoms. The van der Waals surface area contributed by atoms with Gasteiger partial charge in [-0.15, -0.1) is 0 Å². The first-order valence-electron chi connectivity index (χ1n) is 4.34. The van der Waals surface area contributed by atoms with Crippen LogP contribution in [0, 0.1) is 0 Å². The van der Waals surface area contributed by atoms with Gasteiger partial charge in [-0.05, 0) is 6.07 Å². The second kappa shape index (κ2) is 6.86. The van der Waals surface area contributed by atoms with E-state index in [0.29, 0.717) is 13.2 Å². The summed E-state index contributed by atoms with van der Waals surface area (Å²) in [5, 5.41) is 0. The summed E-state index contributed by atoms with van der Waals surface area (Å²) in [6, 6.07) is 1.47. The molecule has 0 unspecified atom stereocenters. The van der Waals surface area contributed by atoms with Crippen molar-refractivity contribution in [3.8, 4) is 0 Å².